The summed E-state index contributed by atoms with van der Waals surface area (Å²) in [6.45, 7) is 0. The molecule has 12 nitrogen and oxygen atoms in total. The number of azo groups is 1. The molecule has 0 saturated carbocycles. The number of nitrogens with one attached hydrogen (secondary N) is 1. The summed E-state index contributed by atoms with van der Waals surface area (Å²) in [4.78, 5) is 11.4. The minimum Gasteiger partial charge on any atom is -0.507 e. The largest absolute Gasteiger partial charge is 0.507 e. The number of amides is 1. The Labute approximate surface area is 220 Å². The smallest absolute Gasteiger partial charge is 0.296 e. The van der Waals surface area contributed by atoms with E-state index in [4.69, 9.17) is 17.3 Å². The average Bonchev–Trinajstić information content (AvgIpc) is 2.82. The number of benzene rings is 4. The summed E-state index contributed by atoms with van der Waals surface area (Å²) in [6, 6.07) is 14.0. The Balaban J connectivity index is 1.80. The molecule has 0 bridgehead atoms. The summed E-state index contributed by atoms with van der Waals surface area (Å²) >= 11 is 5.91. The van der Waals surface area contributed by atoms with Gasteiger partial charge in [0.05, 0.1) is 16.0 Å². The normalized spacial score (nSPS) is 12.2. The molecule has 0 heterocycles. The number of fused-ring (bicyclic) bond motifs is 1. The second kappa shape index (κ2) is 10.00. The Hall–Kier alpha value is -4.08. The molecule has 0 saturated heterocycles. The van der Waals surface area contributed by atoms with Crippen LogP contribution in [0.4, 0.5) is 22.7 Å². The molecule has 4 rings (SSSR count). The molecule has 0 unspecified atom stereocenters. The van der Waals surface area contributed by atoms with Gasteiger partial charge in [0.1, 0.15) is 22.0 Å². The standard InChI is InChI=1S/C23H17ClN4O8S2/c24-14-3-1-2-13(8-14)23(30)26-15-5-7-20(38(34,35)36)18(10-15)27-28-22-17(25)6-4-12-9-16(37(31,32)33)11-19(29)21(12)22/h1-11,29H,25H2,(H,26,30)(H,31,32,33)(H,34,35,36). The van der Waals surface area contributed by atoms with Crippen molar-refractivity contribution in [2.24, 2.45) is 10.2 Å². The number of halogens is 1. The molecule has 0 aromatic heterocycles. The van der Waals surface area contributed by atoms with Gasteiger partial charge in [-0.25, -0.2) is 0 Å². The number of carbonyl (C=O) groups is 1. The van der Waals surface area contributed by atoms with Crippen LogP contribution in [0.5, 0.6) is 5.75 Å². The van der Waals surface area contributed by atoms with Crippen LogP contribution in [-0.4, -0.2) is 37.0 Å². The van der Waals surface area contributed by atoms with Crippen molar-refractivity contribution in [3.63, 3.8) is 0 Å². The number of hydrogen-bond donors (Lipinski definition) is 5. The Morgan fingerprint density at radius 2 is 1.63 bits per heavy atom. The quantitative estimate of drug-likeness (QED) is 0.119. The van der Waals surface area contributed by atoms with Gasteiger partial charge in [-0.1, -0.05) is 23.7 Å². The van der Waals surface area contributed by atoms with Crippen LogP contribution >= 0.6 is 11.6 Å². The maximum Gasteiger partial charge on any atom is 0.296 e. The predicted octanol–water partition coefficient (Wildman–Crippen LogP) is 4.94. The number of nitrogens with two attached hydrogens (primary N) is 1. The number of phenolic OH excluding ortho intramolecular Hbond substituents is 1. The molecule has 0 aliphatic rings. The Bertz CT molecular complexity index is 1860. The fourth-order valence-electron chi connectivity index (χ4n) is 3.50. The molecule has 0 spiro atoms. The minimum absolute atomic E-state index is 0.0185. The monoisotopic (exact) mass is 576 g/mol. The second-order valence-corrected chi connectivity index (χ2v) is 11.1. The van der Waals surface area contributed by atoms with Gasteiger partial charge in [0.15, 0.2) is 0 Å². The first-order valence-electron chi connectivity index (χ1n) is 10.4. The maximum atomic E-state index is 12.6. The third kappa shape index (κ3) is 5.74. The van der Waals surface area contributed by atoms with Gasteiger partial charge in [0.2, 0.25) is 0 Å². The van der Waals surface area contributed by atoms with Gasteiger partial charge in [-0.15, -0.1) is 10.2 Å². The van der Waals surface area contributed by atoms with E-state index in [1.54, 1.807) is 12.1 Å². The van der Waals surface area contributed by atoms with Crippen LogP contribution in [-0.2, 0) is 20.2 Å². The lowest BCUT2D eigenvalue weighted by atomic mass is 10.1. The Morgan fingerprint density at radius 3 is 2.29 bits per heavy atom. The first-order valence-corrected chi connectivity index (χ1v) is 13.6. The predicted molar refractivity (Wildman–Crippen MR) is 140 cm³/mol. The van der Waals surface area contributed by atoms with Gasteiger partial charge in [-0.2, -0.15) is 16.8 Å². The lowest BCUT2D eigenvalue weighted by Crippen LogP contribution is -2.12. The van der Waals surface area contributed by atoms with Crippen molar-refractivity contribution in [2.45, 2.75) is 9.79 Å². The van der Waals surface area contributed by atoms with Gasteiger partial charge in [0.25, 0.3) is 26.1 Å². The Morgan fingerprint density at radius 1 is 0.895 bits per heavy atom. The van der Waals surface area contributed by atoms with Crippen LogP contribution in [0.1, 0.15) is 10.4 Å². The summed E-state index contributed by atoms with van der Waals surface area (Å²) in [5, 5.41) is 21.2. The van der Waals surface area contributed by atoms with Crippen molar-refractivity contribution < 1.29 is 35.8 Å². The second-order valence-electron chi connectivity index (χ2n) is 7.84. The first-order chi connectivity index (χ1) is 17.7. The summed E-state index contributed by atoms with van der Waals surface area (Å²) in [7, 11) is -9.42. The number of nitrogen functional groups attached to an aromatic ring is 1. The van der Waals surface area contributed by atoms with Crippen molar-refractivity contribution in [1.29, 1.82) is 0 Å². The molecule has 0 aliphatic heterocycles. The van der Waals surface area contributed by atoms with Crippen molar-refractivity contribution in [3.05, 3.63) is 77.3 Å². The van der Waals surface area contributed by atoms with E-state index >= 15 is 0 Å². The van der Waals surface area contributed by atoms with Crippen molar-refractivity contribution in [2.75, 3.05) is 11.1 Å². The summed E-state index contributed by atoms with van der Waals surface area (Å²) in [5.41, 5.74) is 5.73. The Kier molecular flexibility index (Phi) is 7.10. The van der Waals surface area contributed by atoms with Crippen LogP contribution in [0.25, 0.3) is 10.8 Å². The molecule has 15 heteroatoms. The van der Waals surface area contributed by atoms with Gasteiger partial charge >= 0.3 is 0 Å². The van der Waals surface area contributed by atoms with Gasteiger partial charge in [-0.3, -0.25) is 13.9 Å². The van der Waals surface area contributed by atoms with E-state index in [1.165, 1.54) is 30.3 Å². The fourth-order valence-corrected chi connectivity index (χ4v) is 4.83. The molecule has 4 aromatic rings. The zero-order valence-corrected chi connectivity index (χ0v) is 21.3. The number of anilines is 2. The zero-order chi connectivity index (χ0) is 27.8. The molecule has 38 heavy (non-hydrogen) atoms. The molecule has 1 amide bonds. The number of aromatic hydroxyl groups is 1. The highest BCUT2D eigenvalue weighted by atomic mass is 35.5. The number of rotatable bonds is 6. The summed E-state index contributed by atoms with van der Waals surface area (Å²) in [5.74, 6) is -1.17. The van der Waals surface area contributed by atoms with Crippen LogP contribution in [0.3, 0.4) is 0 Å². The molecule has 0 fully saturated rings. The van der Waals surface area contributed by atoms with E-state index in [9.17, 15) is 35.8 Å². The number of carbonyl (C=O) groups excluding carboxylic acids is 1. The third-order valence-electron chi connectivity index (χ3n) is 5.21. The third-order valence-corrected chi connectivity index (χ3v) is 7.18. The van der Waals surface area contributed by atoms with Crippen LogP contribution in [0, 0.1) is 0 Å². The molecular formula is C23H17ClN4O8S2. The molecule has 6 N–H and O–H groups in total. The zero-order valence-electron chi connectivity index (χ0n) is 18.9. The number of nitrogens with zero attached hydrogens (tertiary/aromatic N) is 2. The first kappa shape index (κ1) is 27.0. The molecule has 0 atom stereocenters. The number of hydrogen-bond acceptors (Lipinski definition) is 9. The highest BCUT2D eigenvalue weighted by molar-refractivity contribution is 7.86. The lowest BCUT2D eigenvalue weighted by molar-refractivity contribution is 0.102. The van der Waals surface area contributed by atoms with Crippen LogP contribution < -0.4 is 11.1 Å². The van der Waals surface area contributed by atoms with E-state index in [0.717, 1.165) is 24.3 Å². The van der Waals surface area contributed by atoms with E-state index in [1.807, 2.05) is 0 Å². The molecule has 0 aliphatic carbocycles. The van der Waals surface area contributed by atoms with Crippen molar-refractivity contribution in [1.82, 2.24) is 0 Å². The molecule has 0 radical (unpaired) electrons. The molecular weight excluding hydrogens is 560 g/mol. The van der Waals surface area contributed by atoms with Gasteiger partial charge in [-0.05, 0) is 53.9 Å². The highest BCUT2D eigenvalue weighted by Crippen LogP contribution is 2.41. The fraction of sp³-hybridized carbons (Fsp3) is 0. The van der Waals surface area contributed by atoms with E-state index in [-0.39, 0.29) is 39.1 Å². The average molecular weight is 577 g/mol. The molecule has 4 aromatic carbocycles. The van der Waals surface area contributed by atoms with Crippen molar-refractivity contribution >= 4 is 71.3 Å². The topological polar surface area (TPSA) is 209 Å². The summed E-state index contributed by atoms with van der Waals surface area (Å²) in [6.07, 6.45) is 0. The SMILES string of the molecule is Nc1ccc2cc(S(=O)(=O)O)cc(O)c2c1N=Nc1cc(NC(=O)c2cccc(Cl)c2)ccc1S(=O)(=O)O. The maximum absolute atomic E-state index is 12.6. The van der Waals surface area contributed by atoms with Crippen LogP contribution in [0.2, 0.25) is 5.02 Å². The van der Waals surface area contributed by atoms with Gasteiger partial charge < -0.3 is 16.2 Å². The van der Waals surface area contributed by atoms with E-state index < -0.39 is 41.7 Å². The lowest BCUT2D eigenvalue weighted by Gasteiger charge is -2.10. The van der Waals surface area contributed by atoms with E-state index in [0.29, 0.717) is 5.02 Å². The van der Waals surface area contributed by atoms with E-state index in [2.05, 4.69) is 15.5 Å². The molecule has 196 valence electrons. The highest BCUT2D eigenvalue weighted by Gasteiger charge is 2.19. The van der Waals surface area contributed by atoms with Gasteiger partial charge in [0, 0.05) is 22.3 Å². The minimum atomic E-state index is -4.78. The number of phenols is 1. The summed E-state index contributed by atoms with van der Waals surface area (Å²) < 4.78 is 65.8. The van der Waals surface area contributed by atoms with Crippen molar-refractivity contribution in [3.8, 4) is 5.75 Å². The van der Waals surface area contributed by atoms with Crippen LogP contribution in [0.15, 0.2) is 86.7 Å².